The smallest absolute Gasteiger partial charge is 0.222 e. The standard InChI is InChI=1S/C15H21N3O/c1-4-12(3)17-15(19)7-8-18-14-6-5-11(2)9-13(14)10-16-18/h5-6,9-10,12H,4,7-8H2,1-3H3,(H,17,19). The Morgan fingerprint density at radius 2 is 2.26 bits per heavy atom. The van der Waals surface area contributed by atoms with Gasteiger partial charge in [-0.05, 0) is 32.4 Å². The van der Waals surface area contributed by atoms with Gasteiger partial charge in [0.1, 0.15) is 0 Å². The Kier molecular flexibility index (Phi) is 4.20. The maximum absolute atomic E-state index is 11.7. The summed E-state index contributed by atoms with van der Waals surface area (Å²) in [5.41, 5.74) is 2.31. The minimum absolute atomic E-state index is 0.0881. The Morgan fingerprint density at radius 1 is 1.47 bits per heavy atom. The number of nitrogens with zero attached hydrogens (tertiary/aromatic N) is 2. The van der Waals surface area contributed by atoms with Crippen molar-refractivity contribution in [2.24, 2.45) is 0 Å². The number of hydrogen-bond donors (Lipinski definition) is 1. The van der Waals surface area contributed by atoms with Crippen LogP contribution in [0.25, 0.3) is 10.9 Å². The second-order valence-electron chi connectivity index (χ2n) is 5.06. The Morgan fingerprint density at radius 3 is 3.00 bits per heavy atom. The first-order valence-electron chi connectivity index (χ1n) is 6.81. The topological polar surface area (TPSA) is 46.9 Å². The summed E-state index contributed by atoms with van der Waals surface area (Å²) in [6, 6.07) is 6.48. The summed E-state index contributed by atoms with van der Waals surface area (Å²) in [5.74, 6) is 0.0881. The Balaban J connectivity index is 2.00. The fraction of sp³-hybridized carbons (Fsp3) is 0.467. The van der Waals surface area contributed by atoms with Crippen molar-refractivity contribution in [3.05, 3.63) is 30.0 Å². The molecule has 0 radical (unpaired) electrons. The first-order valence-corrected chi connectivity index (χ1v) is 6.81. The molecular weight excluding hydrogens is 238 g/mol. The molecule has 1 amide bonds. The first kappa shape index (κ1) is 13.6. The molecule has 0 spiro atoms. The number of rotatable bonds is 5. The summed E-state index contributed by atoms with van der Waals surface area (Å²) < 4.78 is 1.89. The van der Waals surface area contributed by atoms with E-state index in [1.165, 1.54) is 5.56 Å². The number of carbonyl (C=O) groups excluding carboxylic acids is 1. The maximum atomic E-state index is 11.7. The summed E-state index contributed by atoms with van der Waals surface area (Å²) in [6.07, 6.45) is 3.28. The molecule has 0 bridgehead atoms. The van der Waals surface area contributed by atoms with E-state index in [4.69, 9.17) is 0 Å². The van der Waals surface area contributed by atoms with E-state index in [2.05, 4.69) is 42.5 Å². The SMILES string of the molecule is CCC(C)NC(=O)CCn1ncc2cc(C)ccc21. The van der Waals surface area contributed by atoms with E-state index in [1.807, 2.05) is 17.8 Å². The van der Waals surface area contributed by atoms with E-state index in [0.717, 1.165) is 17.3 Å². The summed E-state index contributed by atoms with van der Waals surface area (Å²) in [5, 5.41) is 8.44. The molecule has 2 rings (SSSR count). The minimum atomic E-state index is 0.0881. The van der Waals surface area contributed by atoms with Crippen LogP contribution < -0.4 is 5.32 Å². The molecular formula is C15H21N3O. The highest BCUT2D eigenvalue weighted by Crippen LogP contribution is 2.15. The molecule has 19 heavy (non-hydrogen) atoms. The third-order valence-corrected chi connectivity index (χ3v) is 3.37. The van der Waals surface area contributed by atoms with Gasteiger partial charge in [0, 0.05) is 17.8 Å². The molecule has 4 heteroatoms. The molecule has 0 aliphatic heterocycles. The number of nitrogens with one attached hydrogen (secondary N) is 1. The Hall–Kier alpha value is -1.84. The van der Waals surface area contributed by atoms with Gasteiger partial charge in [-0.25, -0.2) is 0 Å². The van der Waals surface area contributed by atoms with Crippen molar-refractivity contribution >= 4 is 16.8 Å². The van der Waals surface area contributed by atoms with Crippen LogP contribution in [-0.2, 0) is 11.3 Å². The van der Waals surface area contributed by atoms with Crippen molar-refractivity contribution in [1.82, 2.24) is 15.1 Å². The highest BCUT2D eigenvalue weighted by molar-refractivity contribution is 5.80. The molecule has 1 atom stereocenters. The molecule has 0 aliphatic rings. The highest BCUT2D eigenvalue weighted by Gasteiger charge is 2.07. The van der Waals surface area contributed by atoms with Crippen LogP contribution in [0.15, 0.2) is 24.4 Å². The van der Waals surface area contributed by atoms with Crippen LogP contribution >= 0.6 is 0 Å². The number of aromatic nitrogens is 2. The number of benzene rings is 1. The second-order valence-corrected chi connectivity index (χ2v) is 5.06. The molecule has 0 fully saturated rings. The molecule has 1 unspecified atom stereocenters. The van der Waals surface area contributed by atoms with Gasteiger partial charge in [-0.1, -0.05) is 18.6 Å². The van der Waals surface area contributed by atoms with Gasteiger partial charge in [0.25, 0.3) is 0 Å². The molecule has 1 aromatic carbocycles. The van der Waals surface area contributed by atoms with E-state index in [1.54, 1.807) is 0 Å². The van der Waals surface area contributed by atoms with Gasteiger partial charge in [0.05, 0.1) is 18.3 Å². The fourth-order valence-corrected chi connectivity index (χ4v) is 2.04. The summed E-state index contributed by atoms with van der Waals surface area (Å²) in [6.45, 7) is 6.77. The number of amides is 1. The van der Waals surface area contributed by atoms with Gasteiger partial charge in [-0.15, -0.1) is 0 Å². The van der Waals surface area contributed by atoms with E-state index in [0.29, 0.717) is 13.0 Å². The average Bonchev–Trinajstić information content (AvgIpc) is 2.78. The highest BCUT2D eigenvalue weighted by atomic mass is 16.1. The van der Waals surface area contributed by atoms with Crippen LogP contribution in [0.1, 0.15) is 32.3 Å². The number of fused-ring (bicyclic) bond motifs is 1. The monoisotopic (exact) mass is 259 g/mol. The summed E-state index contributed by atoms with van der Waals surface area (Å²) >= 11 is 0. The van der Waals surface area contributed by atoms with Crippen molar-refractivity contribution in [3.63, 3.8) is 0 Å². The number of hydrogen-bond acceptors (Lipinski definition) is 2. The van der Waals surface area contributed by atoms with Crippen LogP contribution in [0.4, 0.5) is 0 Å². The third kappa shape index (κ3) is 3.34. The lowest BCUT2D eigenvalue weighted by Crippen LogP contribution is -2.32. The Labute approximate surface area is 113 Å². The molecule has 2 aromatic rings. The maximum Gasteiger partial charge on any atom is 0.222 e. The van der Waals surface area contributed by atoms with Gasteiger partial charge < -0.3 is 5.32 Å². The van der Waals surface area contributed by atoms with Crippen LogP contribution in [-0.4, -0.2) is 21.7 Å². The lowest BCUT2D eigenvalue weighted by atomic mass is 10.2. The van der Waals surface area contributed by atoms with Crippen molar-refractivity contribution in [3.8, 4) is 0 Å². The molecule has 1 N–H and O–H groups in total. The van der Waals surface area contributed by atoms with Gasteiger partial charge in [-0.3, -0.25) is 9.48 Å². The van der Waals surface area contributed by atoms with Gasteiger partial charge in [-0.2, -0.15) is 5.10 Å². The zero-order valence-electron chi connectivity index (χ0n) is 11.8. The molecule has 0 aliphatic carbocycles. The molecule has 1 heterocycles. The van der Waals surface area contributed by atoms with E-state index in [9.17, 15) is 4.79 Å². The van der Waals surface area contributed by atoms with Crippen molar-refractivity contribution in [2.75, 3.05) is 0 Å². The van der Waals surface area contributed by atoms with Crippen LogP contribution in [0.5, 0.6) is 0 Å². The molecule has 0 saturated carbocycles. The third-order valence-electron chi connectivity index (χ3n) is 3.37. The average molecular weight is 259 g/mol. The quantitative estimate of drug-likeness (QED) is 0.897. The predicted molar refractivity (Wildman–Crippen MR) is 77.0 cm³/mol. The van der Waals surface area contributed by atoms with E-state index >= 15 is 0 Å². The predicted octanol–water partition coefficient (Wildman–Crippen LogP) is 2.65. The van der Waals surface area contributed by atoms with Crippen LogP contribution in [0, 0.1) is 6.92 Å². The van der Waals surface area contributed by atoms with Crippen LogP contribution in [0.2, 0.25) is 0 Å². The fourth-order valence-electron chi connectivity index (χ4n) is 2.04. The first-order chi connectivity index (χ1) is 9.10. The van der Waals surface area contributed by atoms with E-state index in [-0.39, 0.29) is 11.9 Å². The van der Waals surface area contributed by atoms with Crippen molar-refractivity contribution in [2.45, 2.75) is 46.2 Å². The zero-order chi connectivity index (χ0) is 13.8. The molecule has 0 saturated heterocycles. The lowest BCUT2D eigenvalue weighted by molar-refractivity contribution is -0.121. The van der Waals surface area contributed by atoms with Gasteiger partial charge in [0.15, 0.2) is 0 Å². The molecule has 4 nitrogen and oxygen atoms in total. The zero-order valence-corrected chi connectivity index (χ0v) is 11.8. The second kappa shape index (κ2) is 5.87. The van der Waals surface area contributed by atoms with Gasteiger partial charge in [0.2, 0.25) is 5.91 Å². The van der Waals surface area contributed by atoms with Crippen molar-refractivity contribution < 1.29 is 4.79 Å². The van der Waals surface area contributed by atoms with E-state index < -0.39 is 0 Å². The van der Waals surface area contributed by atoms with Crippen molar-refractivity contribution in [1.29, 1.82) is 0 Å². The normalized spacial score (nSPS) is 12.6. The number of carbonyl (C=O) groups is 1. The number of aryl methyl sites for hydroxylation is 2. The summed E-state index contributed by atoms with van der Waals surface area (Å²) in [7, 11) is 0. The van der Waals surface area contributed by atoms with Gasteiger partial charge >= 0.3 is 0 Å². The lowest BCUT2D eigenvalue weighted by Gasteiger charge is -2.11. The largest absolute Gasteiger partial charge is 0.354 e. The van der Waals surface area contributed by atoms with Crippen LogP contribution in [0.3, 0.4) is 0 Å². The minimum Gasteiger partial charge on any atom is -0.354 e. The Bertz CT molecular complexity index is 574. The summed E-state index contributed by atoms with van der Waals surface area (Å²) in [4.78, 5) is 11.7. The molecule has 102 valence electrons. The molecule has 1 aromatic heterocycles.